The molecule has 2 fully saturated rings. The second-order valence-electron chi connectivity index (χ2n) is 7.68. The van der Waals surface area contributed by atoms with Crippen LogP contribution in [0.4, 0.5) is 4.79 Å². The normalized spacial score (nSPS) is 31.6. The Labute approximate surface area is 142 Å². The van der Waals surface area contributed by atoms with Crippen molar-refractivity contribution in [1.29, 1.82) is 0 Å². The van der Waals surface area contributed by atoms with E-state index in [1.807, 2.05) is 6.92 Å². The SMILES string of the molecule is CCCCC1CCC(C2CCC(OC(=O)OCCC)CC2)CC1. The van der Waals surface area contributed by atoms with Crippen molar-refractivity contribution in [3.05, 3.63) is 0 Å². The van der Waals surface area contributed by atoms with E-state index in [1.54, 1.807) is 0 Å². The summed E-state index contributed by atoms with van der Waals surface area (Å²) < 4.78 is 10.4. The molecule has 0 aliphatic heterocycles. The quantitative estimate of drug-likeness (QED) is 0.530. The molecule has 3 nitrogen and oxygen atoms in total. The summed E-state index contributed by atoms with van der Waals surface area (Å²) in [5.41, 5.74) is 0. The molecule has 134 valence electrons. The number of carbonyl (C=O) groups is 1. The van der Waals surface area contributed by atoms with Crippen LogP contribution in [0.1, 0.15) is 90.9 Å². The first-order chi connectivity index (χ1) is 11.2. The fourth-order valence-electron chi connectivity index (χ4n) is 4.47. The van der Waals surface area contributed by atoms with Gasteiger partial charge in [-0.25, -0.2) is 4.79 Å². The molecule has 0 aromatic carbocycles. The van der Waals surface area contributed by atoms with Gasteiger partial charge in [0.05, 0.1) is 6.61 Å². The van der Waals surface area contributed by atoms with Gasteiger partial charge in [0, 0.05) is 0 Å². The Balaban J connectivity index is 1.62. The maximum Gasteiger partial charge on any atom is 0.508 e. The van der Waals surface area contributed by atoms with Crippen molar-refractivity contribution in [2.75, 3.05) is 6.61 Å². The largest absolute Gasteiger partial charge is 0.508 e. The van der Waals surface area contributed by atoms with Crippen molar-refractivity contribution < 1.29 is 14.3 Å². The van der Waals surface area contributed by atoms with Gasteiger partial charge in [0.25, 0.3) is 0 Å². The molecule has 0 aromatic heterocycles. The van der Waals surface area contributed by atoms with E-state index in [0.717, 1.165) is 37.0 Å². The molecule has 0 aromatic rings. The van der Waals surface area contributed by atoms with Gasteiger partial charge >= 0.3 is 6.16 Å². The molecule has 0 radical (unpaired) electrons. The van der Waals surface area contributed by atoms with Gasteiger partial charge in [-0.2, -0.15) is 0 Å². The molecular weight excluding hydrogens is 288 g/mol. The lowest BCUT2D eigenvalue weighted by atomic mass is 9.70. The summed E-state index contributed by atoms with van der Waals surface area (Å²) in [6, 6.07) is 0. The molecule has 3 heteroatoms. The molecule has 2 rings (SSSR count). The molecule has 0 unspecified atom stereocenters. The number of rotatable bonds is 7. The molecule has 2 aliphatic rings. The molecule has 0 atom stereocenters. The zero-order chi connectivity index (χ0) is 16.5. The van der Waals surface area contributed by atoms with Crippen LogP contribution >= 0.6 is 0 Å². The van der Waals surface area contributed by atoms with E-state index in [-0.39, 0.29) is 6.10 Å². The average Bonchev–Trinajstić information content (AvgIpc) is 2.59. The lowest BCUT2D eigenvalue weighted by Crippen LogP contribution is -2.30. The van der Waals surface area contributed by atoms with Gasteiger partial charge in [-0.05, 0) is 62.7 Å². The van der Waals surface area contributed by atoms with Crippen molar-refractivity contribution in [3.63, 3.8) is 0 Å². The standard InChI is InChI=1S/C20H36O3/c1-3-5-6-16-7-9-17(10-8-16)18-11-13-19(14-12-18)23-20(21)22-15-4-2/h16-19H,3-15H2,1-2H3. The Morgan fingerprint density at radius 2 is 1.48 bits per heavy atom. The molecule has 0 bridgehead atoms. The Morgan fingerprint density at radius 1 is 0.870 bits per heavy atom. The number of ether oxygens (including phenoxy) is 2. The molecule has 0 heterocycles. The highest BCUT2D eigenvalue weighted by molar-refractivity contribution is 5.60. The molecule has 2 aliphatic carbocycles. The second kappa shape index (κ2) is 10.2. The first kappa shape index (κ1) is 18.6. The Bertz CT molecular complexity index is 326. The third kappa shape index (κ3) is 6.35. The van der Waals surface area contributed by atoms with E-state index in [2.05, 4.69) is 6.92 Å². The van der Waals surface area contributed by atoms with Gasteiger partial charge < -0.3 is 9.47 Å². The third-order valence-electron chi connectivity index (χ3n) is 5.93. The topological polar surface area (TPSA) is 35.5 Å². The van der Waals surface area contributed by atoms with Crippen LogP contribution in [0.15, 0.2) is 0 Å². The van der Waals surface area contributed by atoms with E-state index in [4.69, 9.17) is 9.47 Å². The highest BCUT2D eigenvalue weighted by Gasteiger charge is 2.31. The van der Waals surface area contributed by atoms with Crippen molar-refractivity contribution in [1.82, 2.24) is 0 Å². The first-order valence-electron chi connectivity index (χ1n) is 10.1. The number of unbranched alkanes of at least 4 members (excludes halogenated alkanes) is 1. The van der Waals surface area contributed by atoms with Crippen molar-refractivity contribution in [3.8, 4) is 0 Å². The van der Waals surface area contributed by atoms with Crippen LogP contribution in [-0.4, -0.2) is 18.9 Å². The van der Waals surface area contributed by atoms with E-state index in [1.165, 1.54) is 57.8 Å². The van der Waals surface area contributed by atoms with E-state index < -0.39 is 6.16 Å². The first-order valence-corrected chi connectivity index (χ1v) is 10.1. The van der Waals surface area contributed by atoms with Crippen LogP contribution in [0, 0.1) is 17.8 Å². The average molecular weight is 325 g/mol. The minimum atomic E-state index is -0.466. The summed E-state index contributed by atoms with van der Waals surface area (Å²) in [7, 11) is 0. The summed E-state index contributed by atoms with van der Waals surface area (Å²) in [5.74, 6) is 2.80. The van der Waals surface area contributed by atoms with Crippen LogP contribution in [0.2, 0.25) is 0 Å². The van der Waals surface area contributed by atoms with Gasteiger partial charge in [-0.15, -0.1) is 0 Å². The molecule has 2 saturated carbocycles. The van der Waals surface area contributed by atoms with Crippen molar-refractivity contribution >= 4 is 6.16 Å². The van der Waals surface area contributed by atoms with Crippen LogP contribution in [0.3, 0.4) is 0 Å². The number of hydrogen-bond donors (Lipinski definition) is 0. The smallest absolute Gasteiger partial charge is 0.434 e. The van der Waals surface area contributed by atoms with Gasteiger partial charge in [0.2, 0.25) is 0 Å². The molecule has 0 N–H and O–H groups in total. The monoisotopic (exact) mass is 324 g/mol. The second-order valence-corrected chi connectivity index (χ2v) is 7.68. The zero-order valence-corrected chi connectivity index (χ0v) is 15.2. The maximum atomic E-state index is 11.5. The Hall–Kier alpha value is -0.730. The van der Waals surface area contributed by atoms with Crippen LogP contribution in [0.25, 0.3) is 0 Å². The fourth-order valence-corrected chi connectivity index (χ4v) is 4.47. The highest BCUT2D eigenvalue weighted by Crippen LogP contribution is 2.41. The number of hydrogen-bond acceptors (Lipinski definition) is 3. The Morgan fingerprint density at radius 3 is 2.04 bits per heavy atom. The van der Waals surface area contributed by atoms with Crippen LogP contribution < -0.4 is 0 Å². The summed E-state index contributed by atoms with van der Waals surface area (Å²) >= 11 is 0. The van der Waals surface area contributed by atoms with Gasteiger partial charge in [-0.1, -0.05) is 46.0 Å². The molecule has 0 amide bonds. The molecule has 23 heavy (non-hydrogen) atoms. The van der Waals surface area contributed by atoms with E-state index in [0.29, 0.717) is 6.61 Å². The summed E-state index contributed by atoms with van der Waals surface area (Å²) in [4.78, 5) is 11.5. The van der Waals surface area contributed by atoms with Crippen LogP contribution in [0.5, 0.6) is 0 Å². The highest BCUT2D eigenvalue weighted by atomic mass is 16.7. The molecule has 0 spiro atoms. The van der Waals surface area contributed by atoms with Crippen molar-refractivity contribution in [2.45, 2.75) is 97.0 Å². The predicted molar refractivity (Wildman–Crippen MR) is 93.4 cm³/mol. The van der Waals surface area contributed by atoms with Gasteiger partial charge in [0.15, 0.2) is 0 Å². The lowest BCUT2D eigenvalue weighted by molar-refractivity contribution is -0.000372. The summed E-state index contributed by atoms with van der Waals surface area (Å²) in [6.07, 6.45) is 15.0. The van der Waals surface area contributed by atoms with E-state index >= 15 is 0 Å². The zero-order valence-electron chi connectivity index (χ0n) is 15.2. The maximum absolute atomic E-state index is 11.5. The van der Waals surface area contributed by atoms with Crippen molar-refractivity contribution in [2.24, 2.45) is 17.8 Å². The minimum Gasteiger partial charge on any atom is -0.434 e. The summed E-state index contributed by atoms with van der Waals surface area (Å²) in [6.45, 7) is 4.76. The van der Waals surface area contributed by atoms with Crippen LogP contribution in [-0.2, 0) is 9.47 Å². The van der Waals surface area contributed by atoms with Gasteiger partial charge in [-0.3, -0.25) is 0 Å². The minimum absolute atomic E-state index is 0.0940. The fraction of sp³-hybridized carbons (Fsp3) is 0.950. The third-order valence-corrected chi connectivity index (χ3v) is 5.93. The molecule has 0 saturated heterocycles. The van der Waals surface area contributed by atoms with E-state index in [9.17, 15) is 4.79 Å². The van der Waals surface area contributed by atoms with Gasteiger partial charge in [0.1, 0.15) is 6.10 Å². The Kier molecular flexibility index (Phi) is 8.25. The molecular formula is C20H36O3. The predicted octanol–water partition coefficient (Wildman–Crippen LogP) is 6.11. The number of carbonyl (C=O) groups excluding carboxylic acids is 1. The summed E-state index contributed by atoms with van der Waals surface area (Å²) in [5, 5.41) is 0. The lowest BCUT2D eigenvalue weighted by Gasteiger charge is -2.37.